The van der Waals surface area contributed by atoms with Crippen LogP contribution in [0.2, 0.25) is 5.02 Å². The normalized spacial score (nSPS) is 10.6. The van der Waals surface area contributed by atoms with Crippen molar-refractivity contribution >= 4 is 34.8 Å². The fourth-order valence-corrected chi connectivity index (χ4v) is 2.74. The van der Waals surface area contributed by atoms with Crippen molar-refractivity contribution in [2.45, 2.75) is 33.1 Å². The Labute approximate surface area is 153 Å². The summed E-state index contributed by atoms with van der Waals surface area (Å²) in [6.45, 7) is 5.98. The van der Waals surface area contributed by atoms with Crippen LogP contribution in [0.1, 0.15) is 38.7 Å². The molecule has 2 amide bonds. The summed E-state index contributed by atoms with van der Waals surface area (Å²) >= 11 is 6.15. The molecule has 0 aromatic heterocycles. The third kappa shape index (κ3) is 5.33. The van der Waals surface area contributed by atoms with Gasteiger partial charge in [-0.15, -0.1) is 0 Å². The average Bonchev–Trinajstić information content (AvgIpc) is 2.56. The Morgan fingerprint density at radius 3 is 2.28 bits per heavy atom. The summed E-state index contributed by atoms with van der Waals surface area (Å²) < 4.78 is 0. The van der Waals surface area contributed by atoms with Gasteiger partial charge >= 0.3 is 0 Å². The molecule has 0 saturated heterocycles. The van der Waals surface area contributed by atoms with Gasteiger partial charge < -0.3 is 10.2 Å². The molecule has 0 fully saturated rings. The molecule has 0 atom stereocenters. The Morgan fingerprint density at radius 2 is 1.72 bits per heavy atom. The molecule has 132 valence electrons. The van der Waals surface area contributed by atoms with E-state index in [1.54, 1.807) is 18.2 Å². The van der Waals surface area contributed by atoms with Crippen molar-refractivity contribution in [3.8, 4) is 0 Å². The second-order valence-electron chi connectivity index (χ2n) is 6.20. The number of benzene rings is 2. The smallest absolute Gasteiger partial charge is 0.226 e. The number of halogens is 1. The lowest BCUT2D eigenvalue weighted by atomic mass is 10.0. The maximum atomic E-state index is 12.2. The predicted octanol–water partition coefficient (Wildman–Crippen LogP) is 4.85. The van der Waals surface area contributed by atoms with Gasteiger partial charge in [-0.2, -0.15) is 0 Å². The van der Waals surface area contributed by atoms with Crippen LogP contribution in [0.25, 0.3) is 0 Å². The monoisotopic (exact) mass is 358 g/mol. The van der Waals surface area contributed by atoms with E-state index in [1.807, 2.05) is 30.3 Å². The van der Waals surface area contributed by atoms with Gasteiger partial charge in [-0.25, -0.2) is 0 Å². The largest absolute Gasteiger partial charge is 0.326 e. The number of anilines is 2. The van der Waals surface area contributed by atoms with Crippen molar-refractivity contribution in [2.75, 3.05) is 16.8 Å². The van der Waals surface area contributed by atoms with Crippen molar-refractivity contribution < 1.29 is 9.59 Å². The standard InChI is InChI=1S/C20H23ClN2O2/c1-14(2)16-8-10-17(11-9-16)22-20(25)12-13-23(15(3)24)19-7-5-4-6-18(19)21/h4-11,14H,12-13H2,1-3H3,(H,22,25). The number of carbonyl (C=O) groups excluding carboxylic acids is 2. The molecule has 2 rings (SSSR count). The second-order valence-corrected chi connectivity index (χ2v) is 6.60. The van der Waals surface area contributed by atoms with Crippen LogP contribution in [-0.2, 0) is 9.59 Å². The van der Waals surface area contributed by atoms with Crippen LogP contribution in [0.5, 0.6) is 0 Å². The Kier molecular flexibility index (Phi) is 6.59. The molecular formula is C20H23ClN2O2. The van der Waals surface area contributed by atoms with E-state index in [2.05, 4.69) is 19.2 Å². The van der Waals surface area contributed by atoms with E-state index in [4.69, 9.17) is 11.6 Å². The summed E-state index contributed by atoms with van der Waals surface area (Å²) in [4.78, 5) is 25.6. The van der Waals surface area contributed by atoms with E-state index >= 15 is 0 Å². The van der Waals surface area contributed by atoms with Gasteiger partial charge in [0.1, 0.15) is 0 Å². The number of nitrogens with zero attached hydrogens (tertiary/aromatic N) is 1. The SMILES string of the molecule is CC(=O)N(CCC(=O)Nc1ccc(C(C)C)cc1)c1ccccc1Cl. The third-order valence-corrected chi connectivity index (χ3v) is 4.27. The molecule has 0 radical (unpaired) electrons. The molecule has 0 saturated carbocycles. The minimum absolute atomic E-state index is 0.143. The summed E-state index contributed by atoms with van der Waals surface area (Å²) in [6.07, 6.45) is 0.191. The molecular weight excluding hydrogens is 336 g/mol. The first-order chi connectivity index (χ1) is 11.9. The van der Waals surface area contributed by atoms with Crippen molar-refractivity contribution in [3.63, 3.8) is 0 Å². The van der Waals surface area contributed by atoms with Gasteiger partial charge in [-0.3, -0.25) is 9.59 Å². The maximum absolute atomic E-state index is 12.2. The minimum Gasteiger partial charge on any atom is -0.326 e. The number of hydrogen-bond donors (Lipinski definition) is 1. The number of carbonyl (C=O) groups is 2. The number of rotatable bonds is 6. The van der Waals surface area contributed by atoms with Crippen LogP contribution in [-0.4, -0.2) is 18.4 Å². The Hall–Kier alpha value is -2.33. The van der Waals surface area contributed by atoms with Crippen LogP contribution in [0, 0.1) is 0 Å². The van der Waals surface area contributed by atoms with E-state index in [-0.39, 0.29) is 24.8 Å². The third-order valence-electron chi connectivity index (χ3n) is 3.95. The highest BCUT2D eigenvalue weighted by molar-refractivity contribution is 6.33. The molecule has 0 spiro atoms. The fraction of sp³-hybridized carbons (Fsp3) is 0.300. The van der Waals surface area contributed by atoms with Crippen molar-refractivity contribution in [3.05, 3.63) is 59.1 Å². The van der Waals surface area contributed by atoms with Gasteiger partial charge in [0, 0.05) is 25.6 Å². The molecule has 0 aliphatic rings. The molecule has 25 heavy (non-hydrogen) atoms. The molecule has 0 aliphatic carbocycles. The topological polar surface area (TPSA) is 49.4 Å². The maximum Gasteiger partial charge on any atom is 0.226 e. The predicted molar refractivity (Wildman–Crippen MR) is 103 cm³/mol. The highest BCUT2D eigenvalue weighted by Gasteiger charge is 2.16. The lowest BCUT2D eigenvalue weighted by molar-refractivity contribution is -0.117. The van der Waals surface area contributed by atoms with Crippen LogP contribution < -0.4 is 10.2 Å². The summed E-state index contributed by atoms with van der Waals surface area (Å²) in [5, 5.41) is 3.35. The zero-order chi connectivity index (χ0) is 18.4. The zero-order valence-electron chi connectivity index (χ0n) is 14.8. The minimum atomic E-state index is -0.151. The molecule has 0 heterocycles. The molecule has 5 heteroatoms. The number of para-hydroxylation sites is 1. The first kappa shape index (κ1) is 19.0. The lowest BCUT2D eigenvalue weighted by Crippen LogP contribution is -2.32. The summed E-state index contributed by atoms with van der Waals surface area (Å²) in [7, 11) is 0. The highest BCUT2D eigenvalue weighted by Crippen LogP contribution is 2.25. The van der Waals surface area contributed by atoms with Crippen molar-refractivity contribution in [2.24, 2.45) is 0 Å². The molecule has 1 N–H and O–H groups in total. The van der Waals surface area contributed by atoms with Gasteiger partial charge in [0.05, 0.1) is 10.7 Å². The molecule has 2 aromatic rings. The van der Waals surface area contributed by atoms with Crippen LogP contribution in [0.3, 0.4) is 0 Å². The van der Waals surface area contributed by atoms with E-state index in [9.17, 15) is 9.59 Å². The van der Waals surface area contributed by atoms with Crippen LogP contribution >= 0.6 is 11.6 Å². The molecule has 4 nitrogen and oxygen atoms in total. The summed E-state index contributed by atoms with van der Waals surface area (Å²) in [5.74, 6) is 0.155. The van der Waals surface area contributed by atoms with Crippen LogP contribution in [0.15, 0.2) is 48.5 Å². The van der Waals surface area contributed by atoms with Gasteiger partial charge in [0.15, 0.2) is 0 Å². The van der Waals surface area contributed by atoms with Gasteiger partial charge in [0.2, 0.25) is 11.8 Å². The van der Waals surface area contributed by atoms with Gasteiger partial charge in [-0.1, -0.05) is 49.7 Å². The van der Waals surface area contributed by atoms with Crippen molar-refractivity contribution in [1.29, 1.82) is 0 Å². The van der Waals surface area contributed by atoms with Gasteiger partial charge in [0.25, 0.3) is 0 Å². The number of hydrogen-bond acceptors (Lipinski definition) is 2. The first-order valence-electron chi connectivity index (χ1n) is 8.31. The van der Waals surface area contributed by atoms with E-state index in [1.165, 1.54) is 17.4 Å². The van der Waals surface area contributed by atoms with E-state index in [0.29, 0.717) is 16.6 Å². The molecule has 0 bridgehead atoms. The second kappa shape index (κ2) is 8.67. The number of amides is 2. The highest BCUT2D eigenvalue weighted by atomic mass is 35.5. The fourth-order valence-electron chi connectivity index (χ4n) is 2.51. The molecule has 0 aliphatic heterocycles. The first-order valence-corrected chi connectivity index (χ1v) is 8.68. The Bertz CT molecular complexity index is 742. The molecule has 0 unspecified atom stereocenters. The Balaban J connectivity index is 1.97. The summed E-state index contributed by atoms with van der Waals surface area (Å²) in [6, 6.07) is 14.9. The zero-order valence-corrected chi connectivity index (χ0v) is 15.5. The number of nitrogens with one attached hydrogen (secondary N) is 1. The summed E-state index contributed by atoms with van der Waals surface area (Å²) in [5.41, 5.74) is 2.59. The quantitative estimate of drug-likeness (QED) is 0.802. The van der Waals surface area contributed by atoms with Crippen LogP contribution in [0.4, 0.5) is 11.4 Å². The van der Waals surface area contributed by atoms with Gasteiger partial charge in [-0.05, 0) is 35.7 Å². The lowest BCUT2D eigenvalue weighted by Gasteiger charge is -2.22. The van der Waals surface area contributed by atoms with E-state index in [0.717, 1.165) is 5.69 Å². The van der Waals surface area contributed by atoms with E-state index < -0.39 is 0 Å². The molecule has 2 aromatic carbocycles. The Morgan fingerprint density at radius 1 is 1.08 bits per heavy atom. The van der Waals surface area contributed by atoms with Crippen molar-refractivity contribution in [1.82, 2.24) is 0 Å². The average molecular weight is 359 g/mol.